The lowest BCUT2D eigenvalue weighted by Gasteiger charge is -2.37. The zero-order chi connectivity index (χ0) is 23.4. The Morgan fingerprint density at radius 3 is 2.91 bits per heavy atom. The van der Waals surface area contributed by atoms with Crippen LogP contribution >= 0.6 is 23.4 Å². The van der Waals surface area contributed by atoms with E-state index in [1.807, 2.05) is 11.8 Å². The third-order valence-electron chi connectivity index (χ3n) is 7.14. The molecule has 1 aromatic carbocycles. The van der Waals surface area contributed by atoms with Crippen LogP contribution in [0.3, 0.4) is 0 Å². The number of pyridine rings is 1. The Bertz CT molecular complexity index is 974. The summed E-state index contributed by atoms with van der Waals surface area (Å²) in [7, 11) is 1.57. The molecule has 2 aromatic rings. The van der Waals surface area contributed by atoms with Gasteiger partial charge in [-0.3, -0.25) is 9.78 Å². The van der Waals surface area contributed by atoms with E-state index in [4.69, 9.17) is 16.3 Å². The van der Waals surface area contributed by atoms with Crippen LogP contribution in [-0.2, 0) is 4.79 Å². The quantitative estimate of drug-likeness (QED) is 0.437. The normalized spacial score (nSPS) is 22.8. The molecule has 8 heteroatoms. The largest absolute Gasteiger partial charge is 0.497 e. The van der Waals surface area contributed by atoms with Gasteiger partial charge in [0.15, 0.2) is 0 Å². The van der Waals surface area contributed by atoms with E-state index in [-0.39, 0.29) is 17.4 Å². The van der Waals surface area contributed by atoms with Crippen LogP contribution in [-0.4, -0.2) is 58.7 Å². The van der Waals surface area contributed by atoms with Crippen molar-refractivity contribution in [1.82, 2.24) is 9.88 Å². The van der Waals surface area contributed by atoms with Crippen molar-refractivity contribution in [3.8, 4) is 5.75 Å². The number of benzene rings is 1. The predicted molar refractivity (Wildman–Crippen MR) is 132 cm³/mol. The highest BCUT2D eigenvalue weighted by molar-refractivity contribution is 7.99. The van der Waals surface area contributed by atoms with Gasteiger partial charge >= 0.3 is 5.97 Å². The van der Waals surface area contributed by atoms with Crippen molar-refractivity contribution >= 4 is 40.2 Å². The number of halogens is 2. The molecule has 0 bridgehead atoms. The average Bonchev–Trinajstić information content (AvgIpc) is 2.78. The molecule has 2 heterocycles. The van der Waals surface area contributed by atoms with Crippen molar-refractivity contribution < 1.29 is 19.0 Å². The minimum absolute atomic E-state index is 0.0299. The monoisotopic (exact) mass is 494 g/mol. The number of nitrogens with zero attached hydrogens (tertiary/aromatic N) is 2. The van der Waals surface area contributed by atoms with E-state index in [2.05, 4.69) is 9.88 Å². The summed E-state index contributed by atoms with van der Waals surface area (Å²) in [5, 5.41) is 11.6. The minimum Gasteiger partial charge on any atom is -0.497 e. The lowest BCUT2D eigenvalue weighted by Crippen LogP contribution is -2.44. The van der Waals surface area contributed by atoms with E-state index in [9.17, 15) is 9.90 Å². The third kappa shape index (κ3) is 5.92. The number of carboxylic acid groups (broad SMARTS) is 1. The second-order valence-corrected chi connectivity index (χ2v) is 11.0. The Morgan fingerprint density at radius 1 is 1.39 bits per heavy atom. The van der Waals surface area contributed by atoms with Crippen molar-refractivity contribution in [3.63, 3.8) is 0 Å². The average molecular weight is 495 g/mol. The predicted octanol–water partition coefficient (Wildman–Crippen LogP) is 6.00. The van der Waals surface area contributed by atoms with Crippen LogP contribution in [0.1, 0.15) is 50.3 Å². The van der Waals surface area contributed by atoms with Crippen molar-refractivity contribution in [3.05, 3.63) is 35.0 Å². The number of likely N-dealkylation sites (tertiary alicyclic amines) is 1. The van der Waals surface area contributed by atoms with Crippen LogP contribution in [0.25, 0.3) is 10.9 Å². The maximum atomic E-state index is 15.5. The molecule has 3 atom stereocenters. The molecule has 2 aliphatic rings. The summed E-state index contributed by atoms with van der Waals surface area (Å²) in [4.78, 5) is 18.6. The van der Waals surface area contributed by atoms with Gasteiger partial charge in [0.1, 0.15) is 11.9 Å². The number of methoxy groups -OCH3 is 1. The number of carboxylic acids is 1. The maximum Gasteiger partial charge on any atom is 0.308 e. The number of hydrogen-bond donors (Lipinski definition) is 1. The first kappa shape index (κ1) is 24.6. The summed E-state index contributed by atoms with van der Waals surface area (Å²) >= 11 is 8.37. The second kappa shape index (κ2) is 11.2. The van der Waals surface area contributed by atoms with Crippen LogP contribution in [0, 0.1) is 11.8 Å². The summed E-state index contributed by atoms with van der Waals surface area (Å²) in [6.07, 6.45) is 5.72. The molecule has 1 aliphatic heterocycles. The number of alkyl halides is 1. The molecule has 180 valence electrons. The fraction of sp³-hybridized carbons (Fsp3) is 0.600. The molecule has 2 unspecified atom stereocenters. The summed E-state index contributed by atoms with van der Waals surface area (Å²) in [6.45, 7) is 2.37. The standard InChI is InChI=1S/C25H32ClFN2O3S/c1-32-17-6-8-23-19(13-17)24(21(26)14-28-23)22(27)7-5-16-9-10-29(15-20(16)25(30)31)11-12-33-18-3-2-4-18/h6,8,13-14,16,18,20,22H,2-5,7,9-12,15H2,1H3,(H,30,31)/t16?,20?,22-/m1/s1. The smallest absolute Gasteiger partial charge is 0.308 e. The molecule has 5 nitrogen and oxygen atoms in total. The molecule has 1 aliphatic carbocycles. The van der Waals surface area contributed by atoms with E-state index in [1.54, 1.807) is 25.3 Å². The number of piperidine rings is 1. The van der Waals surface area contributed by atoms with Gasteiger partial charge < -0.3 is 14.7 Å². The summed E-state index contributed by atoms with van der Waals surface area (Å²) in [6, 6.07) is 5.34. The van der Waals surface area contributed by atoms with E-state index in [0.717, 1.165) is 30.5 Å². The molecule has 1 saturated carbocycles. The number of rotatable bonds is 10. The summed E-state index contributed by atoms with van der Waals surface area (Å²) < 4.78 is 20.8. The van der Waals surface area contributed by atoms with Crippen LogP contribution in [0.4, 0.5) is 4.39 Å². The summed E-state index contributed by atoms with van der Waals surface area (Å²) in [5.41, 5.74) is 1.08. The first-order chi connectivity index (χ1) is 16.0. The molecule has 33 heavy (non-hydrogen) atoms. The fourth-order valence-electron chi connectivity index (χ4n) is 4.90. The second-order valence-electron chi connectivity index (χ2n) is 9.17. The molecule has 0 radical (unpaired) electrons. The highest BCUT2D eigenvalue weighted by atomic mass is 35.5. The van der Waals surface area contributed by atoms with Crippen molar-refractivity contribution in [1.29, 1.82) is 0 Å². The van der Waals surface area contributed by atoms with Crippen molar-refractivity contribution in [2.24, 2.45) is 11.8 Å². The van der Waals surface area contributed by atoms with Gasteiger partial charge in [-0.05, 0) is 62.8 Å². The molecular weight excluding hydrogens is 463 g/mol. The molecular formula is C25H32ClFN2O3S. The van der Waals surface area contributed by atoms with Gasteiger partial charge in [0, 0.05) is 41.2 Å². The fourth-order valence-corrected chi connectivity index (χ4v) is 6.53. The topological polar surface area (TPSA) is 62.7 Å². The lowest BCUT2D eigenvalue weighted by atomic mass is 9.81. The van der Waals surface area contributed by atoms with E-state index in [0.29, 0.717) is 35.2 Å². The Hall–Kier alpha value is -1.57. The van der Waals surface area contributed by atoms with Gasteiger partial charge in [-0.25, -0.2) is 4.39 Å². The Balaban J connectivity index is 1.37. The molecule has 1 N–H and O–H groups in total. The van der Waals surface area contributed by atoms with Crippen molar-refractivity contribution in [2.75, 3.05) is 32.5 Å². The zero-order valence-electron chi connectivity index (χ0n) is 19.0. The summed E-state index contributed by atoms with van der Waals surface area (Å²) in [5.74, 6) is 0.422. The highest BCUT2D eigenvalue weighted by Gasteiger charge is 2.35. The number of aromatic nitrogens is 1. The first-order valence-electron chi connectivity index (χ1n) is 11.8. The molecule has 1 saturated heterocycles. The highest BCUT2D eigenvalue weighted by Crippen LogP contribution is 2.39. The minimum atomic E-state index is -1.29. The van der Waals surface area contributed by atoms with Gasteiger partial charge in [0.2, 0.25) is 0 Å². The molecule has 0 amide bonds. The maximum absolute atomic E-state index is 15.5. The number of hydrogen-bond acceptors (Lipinski definition) is 5. The van der Waals surface area contributed by atoms with E-state index >= 15 is 4.39 Å². The Morgan fingerprint density at radius 2 is 2.21 bits per heavy atom. The number of thioether (sulfide) groups is 1. The molecule has 0 spiro atoms. The molecule has 4 rings (SSSR count). The number of fused-ring (bicyclic) bond motifs is 1. The number of ether oxygens (including phenoxy) is 1. The van der Waals surface area contributed by atoms with Crippen molar-refractivity contribution in [2.45, 2.75) is 49.9 Å². The van der Waals surface area contributed by atoms with E-state index in [1.165, 1.54) is 25.5 Å². The Labute approximate surface area is 204 Å². The van der Waals surface area contributed by atoms with Crippen LogP contribution in [0.2, 0.25) is 5.02 Å². The Kier molecular flexibility index (Phi) is 8.36. The third-order valence-corrected chi connectivity index (χ3v) is 8.81. The van der Waals surface area contributed by atoms with Crippen LogP contribution < -0.4 is 4.74 Å². The number of carbonyl (C=O) groups is 1. The van der Waals surface area contributed by atoms with Gasteiger partial charge in [0.05, 0.1) is 23.6 Å². The SMILES string of the molecule is COc1ccc2ncc(Cl)c([C@H](F)CCC3CCN(CCSC4CCC4)CC3C(=O)O)c2c1. The molecule has 1 aromatic heterocycles. The van der Waals surface area contributed by atoms with E-state index < -0.39 is 18.1 Å². The lowest BCUT2D eigenvalue weighted by molar-refractivity contribution is -0.146. The number of aliphatic carboxylic acids is 1. The first-order valence-corrected chi connectivity index (χ1v) is 13.2. The van der Waals surface area contributed by atoms with Crippen LogP contribution in [0.15, 0.2) is 24.4 Å². The van der Waals surface area contributed by atoms with Gasteiger partial charge in [0.25, 0.3) is 0 Å². The molecule has 2 fully saturated rings. The van der Waals surface area contributed by atoms with Gasteiger partial charge in [-0.15, -0.1) is 0 Å². The van der Waals surface area contributed by atoms with Gasteiger partial charge in [-0.2, -0.15) is 11.8 Å². The zero-order valence-corrected chi connectivity index (χ0v) is 20.6. The van der Waals surface area contributed by atoms with Crippen LogP contribution in [0.5, 0.6) is 5.75 Å². The van der Waals surface area contributed by atoms with Gasteiger partial charge in [-0.1, -0.05) is 18.0 Å².